The van der Waals surface area contributed by atoms with Crippen molar-refractivity contribution in [3.8, 4) is 0 Å². The first kappa shape index (κ1) is 15.1. The molecule has 4 aromatic rings. The summed E-state index contributed by atoms with van der Waals surface area (Å²) in [6.07, 6.45) is 0. The monoisotopic (exact) mass is 448 g/mol. The van der Waals surface area contributed by atoms with E-state index in [-0.39, 0.29) is 0 Å². The van der Waals surface area contributed by atoms with Crippen molar-refractivity contribution >= 4 is 65.7 Å². The Bertz CT molecular complexity index is 998. The zero-order valence-electron chi connectivity index (χ0n) is 11.8. The Balaban J connectivity index is 1.63. The van der Waals surface area contributed by atoms with Gasteiger partial charge in [0.15, 0.2) is 5.65 Å². The first-order valence-electron chi connectivity index (χ1n) is 6.88. The number of halogens is 2. The van der Waals surface area contributed by atoms with Crippen LogP contribution in [0.5, 0.6) is 0 Å². The van der Waals surface area contributed by atoms with Gasteiger partial charge in [0.25, 0.3) is 0 Å². The molecule has 0 aliphatic heterocycles. The Morgan fingerprint density at radius 1 is 0.957 bits per heavy atom. The highest BCUT2D eigenvalue weighted by atomic mass is 79.9. The maximum absolute atomic E-state index is 4.58. The zero-order chi connectivity index (χ0) is 15.8. The number of fused-ring (bicyclic) bond motifs is 3. The minimum Gasteiger partial charge on any atom is -0.338 e. The van der Waals surface area contributed by atoms with Crippen LogP contribution in [0.4, 0.5) is 0 Å². The molecule has 23 heavy (non-hydrogen) atoms. The quantitative estimate of drug-likeness (QED) is 0.430. The highest BCUT2D eigenvalue weighted by molar-refractivity contribution is 9.10. The topological polar surface area (TPSA) is 54.5 Å². The molecule has 0 unspecified atom stereocenters. The molecule has 4 nitrogen and oxygen atoms in total. The molecular weight excluding hydrogens is 440 g/mol. The van der Waals surface area contributed by atoms with Gasteiger partial charge in [-0.05, 0) is 35.9 Å². The average Bonchev–Trinajstić information content (AvgIpc) is 2.91. The SMILES string of the molecule is Brc1ccc(CSc2nnc3c(n2)[nH]c2ccc(Br)cc23)cc1. The van der Waals surface area contributed by atoms with Gasteiger partial charge in [0, 0.05) is 25.6 Å². The molecule has 0 bridgehead atoms. The lowest BCUT2D eigenvalue weighted by molar-refractivity contribution is 0.878. The number of thioether (sulfide) groups is 1. The van der Waals surface area contributed by atoms with Gasteiger partial charge in [-0.2, -0.15) is 0 Å². The number of rotatable bonds is 3. The summed E-state index contributed by atoms with van der Waals surface area (Å²) in [7, 11) is 0. The number of nitrogens with one attached hydrogen (secondary N) is 1. The number of nitrogens with zero attached hydrogens (tertiary/aromatic N) is 3. The van der Waals surface area contributed by atoms with Crippen LogP contribution < -0.4 is 0 Å². The fourth-order valence-electron chi connectivity index (χ4n) is 2.32. The molecule has 0 spiro atoms. The number of aromatic nitrogens is 4. The highest BCUT2D eigenvalue weighted by Gasteiger charge is 2.10. The lowest BCUT2D eigenvalue weighted by Gasteiger charge is -2.00. The largest absolute Gasteiger partial charge is 0.338 e. The van der Waals surface area contributed by atoms with E-state index in [0.29, 0.717) is 5.16 Å². The summed E-state index contributed by atoms with van der Waals surface area (Å²) in [5.41, 5.74) is 3.81. The summed E-state index contributed by atoms with van der Waals surface area (Å²) < 4.78 is 2.09. The lowest BCUT2D eigenvalue weighted by Crippen LogP contribution is -1.92. The predicted molar refractivity (Wildman–Crippen MR) is 101 cm³/mol. The van der Waals surface area contributed by atoms with Crippen molar-refractivity contribution in [1.82, 2.24) is 20.2 Å². The van der Waals surface area contributed by atoms with E-state index in [4.69, 9.17) is 0 Å². The molecule has 0 aliphatic rings. The molecule has 0 fully saturated rings. The first-order valence-corrected chi connectivity index (χ1v) is 9.45. The summed E-state index contributed by atoms with van der Waals surface area (Å²) in [6, 6.07) is 14.3. The van der Waals surface area contributed by atoms with Crippen LogP contribution in [0.3, 0.4) is 0 Å². The molecule has 2 aromatic heterocycles. The third kappa shape index (κ3) is 3.13. The van der Waals surface area contributed by atoms with Gasteiger partial charge in [0.2, 0.25) is 5.16 Å². The maximum Gasteiger partial charge on any atom is 0.211 e. The van der Waals surface area contributed by atoms with Crippen LogP contribution in [0.2, 0.25) is 0 Å². The molecule has 0 radical (unpaired) electrons. The third-order valence-corrected chi connectivity index (χ3v) is 5.37. The molecule has 0 saturated carbocycles. The van der Waals surface area contributed by atoms with E-state index in [2.05, 4.69) is 64.2 Å². The van der Waals surface area contributed by atoms with Crippen molar-refractivity contribution in [3.05, 3.63) is 57.0 Å². The lowest BCUT2D eigenvalue weighted by atomic mass is 10.2. The molecule has 0 atom stereocenters. The van der Waals surface area contributed by atoms with Crippen LogP contribution in [0, 0.1) is 0 Å². The second-order valence-corrected chi connectivity index (χ2v) is 7.80. The molecule has 7 heteroatoms. The summed E-state index contributed by atoms with van der Waals surface area (Å²) in [5.74, 6) is 0.812. The second kappa shape index (κ2) is 6.22. The van der Waals surface area contributed by atoms with Crippen molar-refractivity contribution in [2.75, 3.05) is 0 Å². The van der Waals surface area contributed by atoms with Crippen LogP contribution in [0.25, 0.3) is 22.1 Å². The Labute approximate surface area is 153 Å². The highest BCUT2D eigenvalue weighted by Crippen LogP contribution is 2.27. The number of H-pyrrole nitrogens is 1. The van der Waals surface area contributed by atoms with Crippen molar-refractivity contribution < 1.29 is 0 Å². The van der Waals surface area contributed by atoms with E-state index < -0.39 is 0 Å². The van der Waals surface area contributed by atoms with E-state index in [1.165, 1.54) is 5.56 Å². The van der Waals surface area contributed by atoms with Crippen LogP contribution in [-0.4, -0.2) is 20.2 Å². The van der Waals surface area contributed by atoms with E-state index in [1.54, 1.807) is 11.8 Å². The number of aromatic amines is 1. The van der Waals surface area contributed by atoms with Gasteiger partial charge in [-0.1, -0.05) is 55.8 Å². The Morgan fingerprint density at radius 3 is 2.57 bits per heavy atom. The van der Waals surface area contributed by atoms with E-state index in [9.17, 15) is 0 Å². The van der Waals surface area contributed by atoms with E-state index >= 15 is 0 Å². The molecule has 0 aliphatic carbocycles. The molecule has 0 amide bonds. The molecule has 114 valence electrons. The predicted octanol–water partition coefficient (Wildman–Crippen LogP) is 5.32. The minimum atomic E-state index is 0.672. The van der Waals surface area contributed by atoms with E-state index in [0.717, 1.165) is 36.8 Å². The second-order valence-electron chi connectivity index (χ2n) is 5.02. The van der Waals surface area contributed by atoms with Crippen molar-refractivity contribution in [1.29, 1.82) is 0 Å². The van der Waals surface area contributed by atoms with Gasteiger partial charge in [-0.15, -0.1) is 10.2 Å². The van der Waals surface area contributed by atoms with Gasteiger partial charge in [0.1, 0.15) is 5.52 Å². The molecule has 0 saturated heterocycles. The van der Waals surface area contributed by atoms with Crippen molar-refractivity contribution in [2.24, 2.45) is 0 Å². The fraction of sp³-hybridized carbons (Fsp3) is 0.0625. The standard InChI is InChI=1S/C16H10Br2N4S/c17-10-3-1-9(2-4-10)8-23-16-20-15-14(21-22-16)12-7-11(18)5-6-13(12)19-15/h1-7H,8H2,(H,19,20,22). The number of hydrogen-bond acceptors (Lipinski definition) is 4. The fourth-order valence-corrected chi connectivity index (χ4v) is 3.69. The van der Waals surface area contributed by atoms with Crippen LogP contribution in [0.1, 0.15) is 5.56 Å². The van der Waals surface area contributed by atoms with Crippen molar-refractivity contribution in [3.63, 3.8) is 0 Å². The Kier molecular flexibility index (Phi) is 4.09. The average molecular weight is 450 g/mol. The van der Waals surface area contributed by atoms with Crippen LogP contribution in [-0.2, 0) is 5.75 Å². The first-order chi connectivity index (χ1) is 11.2. The molecular formula is C16H10Br2N4S. The van der Waals surface area contributed by atoms with Crippen LogP contribution in [0.15, 0.2) is 56.6 Å². The summed E-state index contributed by atoms with van der Waals surface area (Å²) in [6.45, 7) is 0. The Hall–Kier alpha value is -1.44. The number of hydrogen-bond donors (Lipinski definition) is 1. The van der Waals surface area contributed by atoms with Gasteiger partial charge in [-0.25, -0.2) is 4.98 Å². The maximum atomic E-state index is 4.58. The zero-order valence-corrected chi connectivity index (χ0v) is 15.7. The minimum absolute atomic E-state index is 0.672. The molecule has 2 heterocycles. The van der Waals surface area contributed by atoms with Crippen molar-refractivity contribution in [2.45, 2.75) is 10.9 Å². The summed E-state index contributed by atoms with van der Waals surface area (Å²) in [4.78, 5) is 7.88. The molecule has 2 aromatic carbocycles. The Morgan fingerprint density at radius 2 is 1.74 bits per heavy atom. The number of benzene rings is 2. The summed E-state index contributed by atoms with van der Waals surface area (Å²) in [5, 5.41) is 10.3. The van der Waals surface area contributed by atoms with Gasteiger partial charge in [0.05, 0.1) is 0 Å². The van der Waals surface area contributed by atoms with E-state index in [1.807, 2.05) is 30.3 Å². The van der Waals surface area contributed by atoms with Gasteiger partial charge in [-0.3, -0.25) is 0 Å². The third-order valence-electron chi connectivity index (χ3n) is 3.44. The van der Waals surface area contributed by atoms with Gasteiger partial charge >= 0.3 is 0 Å². The van der Waals surface area contributed by atoms with Crippen LogP contribution >= 0.6 is 43.6 Å². The normalized spacial score (nSPS) is 11.4. The summed E-state index contributed by atoms with van der Waals surface area (Å²) >= 11 is 8.50. The smallest absolute Gasteiger partial charge is 0.211 e. The molecule has 4 rings (SSSR count). The molecule has 1 N–H and O–H groups in total. The van der Waals surface area contributed by atoms with Gasteiger partial charge < -0.3 is 4.98 Å².